The van der Waals surface area contributed by atoms with E-state index >= 15 is 0 Å². The van der Waals surface area contributed by atoms with Gasteiger partial charge >= 0.3 is 0 Å². The first-order valence-electron chi connectivity index (χ1n) is 11.1. The monoisotopic (exact) mass is 547 g/mol. The van der Waals surface area contributed by atoms with E-state index in [0.717, 1.165) is 9.87 Å². The van der Waals surface area contributed by atoms with E-state index < -0.39 is 28.5 Å². The van der Waals surface area contributed by atoms with Gasteiger partial charge in [0, 0.05) is 23.6 Å². The molecule has 36 heavy (non-hydrogen) atoms. The number of nitrogens with one attached hydrogen (secondary N) is 1. The molecule has 0 bridgehead atoms. The van der Waals surface area contributed by atoms with E-state index in [1.807, 2.05) is 6.92 Å². The molecule has 0 saturated carbocycles. The molecule has 1 unspecified atom stereocenters. The van der Waals surface area contributed by atoms with Crippen molar-refractivity contribution in [2.24, 2.45) is 0 Å². The van der Waals surface area contributed by atoms with Crippen LogP contribution >= 0.6 is 23.2 Å². The van der Waals surface area contributed by atoms with Crippen LogP contribution in [-0.2, 0) is 26.2 Å². The number of anilines is 1. The van der Waals surface area contributed by atoms with Gasteiger partial charge in [-0.1, -0.05) is 53.0 Å². The second-order valence-electron chi connectivity index (χ2n) is 8.24. The summed E-state index contributed by atoms with van der Waals surface area (Å²) in [6.45, 7) is 3.02. The topological polar surface area (TPSA) is 86.8 Å². The fourth-order valence-electron chi connectivity index (χ4n) is 3.60. The summed E-state index contributed by atoms with van der Waals surface area (Å²) in [5.41, 5.74) is 1.96. The predicted octanol–water partition coefficient (Wildman–Crippen LogP) is 4.66. The van der Waals surface area contributed by atoms with Crippen LogP contribution in [0, 0.1) is 6.92 Å². The SMILES string of the molecule is CNC(=O)C(C)N(Cc1cccc(Cl)c1)C(=O)CN(c1ccc(C)cc1)S(=O)(=O)c1ccc(Cl)cc1. The van der Waals surface area contributed by atoms with E-state index in [4.69, 9.17) is 23.2 Å². The van der Waals surface area contributed by atoms with E-state index in [2.05, 4.69) is 5.32 Å². The minimum absolute atomic E-state index is 0.0129. The Morgan fingerprint density at radius 1 is 0.944 bits per heavy atom. The zero-order valence-electron chi connectivity index (χ0n) is 20.1. The first-order chi connectivity index (χ1) is 17.0. The quantitative estimate of drug-likeness (QED) is 0.422. The molecule has 10 heteroatoms. The number of benzene rings is 3. The number of nitrogens with zero attached hydrogens (tertiary/aromatic N) is 2. The van der Waals surface area contributed by atoms with Gasteiger partial charge < -0.3 is 10.2 Å². The summed E-state index contributed by atoms with van der Waals surface area (Å²) in [4.78, 5) is 27.5. The molecule has 0 saturated heterocycles. The number of sulfonamides is 1. The predicted molar refractivity (Wildman–Crippen MR) is 143 cm³/mol. The van der Waals surface area contributed by atoms with Crippen LogP contribution in [0.5, 0.6) is 0 Å². The number of amides is 2. The molecule has 0 aliphatic rings. The van der Waals surface area contributed by atoms with Crippen molar-refractivity contribution in [3.63, 3.8) is 0 Å². The molecule has 3 aromatic rings. The van der Waals surface area contributed by atoms with Crippen LogP contribution < -0.4 is 9.62 Å². The summed E-state index contributed by atoms with van der Waals surface area (Å²) in [7, 11) is -2.66. The first kappa shape index (κ1) is 27.5. The van der Waals surface area contributed by atoms with Crippen LogP contribution in [0.4, 0.5) is 5.69 Å². The second-order valence-corrected chi connectivity index (χ2v) is 11.0. The van der Waals surface area contributed by atoms with E-state index in [9.17, 15) is 18.0 Å². The summed E-state index contributed by atoms with van der Waals surface area (Å²) >= 11 is 12.1. The van der Waals surface area contributed by atoms with Gasteiger partial charge in [-0.15, -0.1) is 0 Å². The van der Waals surface area contributed by atoms with Crippen molar-refractivity contribution in [2.45, 2.75) is 31.3 Å². The van der Waals surface area contributed by atoms with Crippen molar-refractivity contribution in [1.29, 1.82) is 0 Å². The summed E-state index contributed by atoms with van der Waals surface area (Å²) in [5.74, 6) is -0.933. The summed E-state index contributed by atoms with van der Waals surface area (Å²) in [6.07, 6.45) is 0. The molecule has 3 rings (SSSR count). The Hall–Kier alpha value is -3.07. The molecule has 1 N–H and O–H groups in total. The lowest BCUT2D eigenvalue weighted by Crippen LogP contribution is -2.50. The van der Waals surface area contributed by atoms with E-state index in [0.29, 0.717) is 21.3 Å². The molecule has 0 aromatic heterocycles. The third-order valence-electron chi connectivity index (χ3n) is 5.66. The smallest absolute Gasteiger partial charge is 0.264 e. The maximum atomic E-state index is 13.7. The van der Waals surface area contributed by atoms with Gasteiger partial charge in [0.05, 0.1) is 10.6 Å². The fourth-order valence-corrected chi connectivity index (χ4v) is 5.35. The summed E-state index contributed by atoms with van der Waals surface area (Å²) in [5, 5.41) is 3.42. The molecule has 7 nitrogen and oxygen atoms in total. The van der Waals surface area contributed by atoms with Crippen LogP contribution in [0.15, 0.2) is 77.7 Å². The summed E-state index contributed by atoms with van der Waals surface area (Å²) in [6, 6.07) is 18.6. The van der Waals surface area contributed by atoms with Gasteiger partial charge in [0.15, 0.2) is 0 Å². The molecule has 0 aliphatic carbocycles. The van der Waals surface area contributed by atoms with Crippen molar-refractivity contribution in [3.8, 4) is 0 Å². The van der Waals surface area contributed by atoms with Gasteiger partial charge in [-0.3, -0.25) is 13.9 Å². The lowest BCUT2D eigenvalue weighted by Gasteiger charge is -2.31. The Balaban J connectivity index is 2.02. The zero-order chi connectivity index (χ0) is 26.5. The average molecular weight is 548 g/mol. The number of carbonyl (C=O) groups excluding carboxylic acids is 2. The normalized spacial score (nSPS) is 12.0. The van der Waals surface area contributed by atoms with Crippen molar-refractivity contribution < 1.29 is 18.0 Å². The number of aryl methyl sites for hydroxylation is 1. The standard InChI is InChI=1S/C26H27Cl2N3O4S/c1-18-7-11-23(12-8-18)31(36(34,35)24-13-9-21(27)10-14-24)17-25(32)30(19(2)26(33)29-3)16-20-5-4-6-22(28)15-20/h4-15,19H,16-17H2,1-3H3,(H,29,33). The highest BCUT2D eigenvalue weighted by atomic mass is 35.5. The Kier molecular flexibility index (Phi) is 9.00. The second kappa shape index (κ2) is 11.8. The van der Waals surface area contributed by atoms with Crippen LogP contribution in [-0.4, -0.2) is 44.8 Å². The number of halogens is 2. The number of rotatable bonds is 9. The van der Waals surface area contributed by atoms with E-state index in [-0.39, 0.29) is 17.3 Å². The number of carbonyl (C=O) groups is 2. The highest BCUT2D eigenvalue weighted by Crippen LogP contribution is 2.26. The molecular weight excluding hydrogens is 521 g/mol. The summed E-state index contributed by atoms with van der Waals surface area (Å²) < 4.78 is 28.4. The molecule has 1 atom stereocenters. The van der Waals surface area contributed by atoms with Gasteiger partial charge in [-0.05, 0) is 67.9 Å². The van der Waals surface area contributed by atoms with Crippen molar-refractivity contribution in [3.05, 3.63) is 94.0 Å². The van der Waals surface area contributed by atoms with E-state index in [1.54, 1.807) is 55.5 Å². The third kappa shape index (κ3) is 6.57. The van der Waals surface area contributed by atoms with Crippen LogP contribution in [0.3, 0.4) is 0 Å². The lowest BCUT2D eigenvalue weighted by molar-refractivity contribution is -0.139. The fraction of sp³-hybridized carbons (Fsp3) is 0.231. The average Bonchev–Trinajstić information content (AvgIpc) is 2.85. The highest BCUT2D eigenvalue weighted by molar-refractivity contribution is 7.92. The lowest BCUT2D eigenvalue weighted by atomic mass is 10.1. The van der Waals surface area contributed by atoms with Gasteiger partial charge in [0.25, 0.3) is 10.0 Å². The Morgan fingerprint density at radius 3 is 2.17 bits per heavy atom. The zero-order valence-corrected chi connectivity index (χ0v) is 22.4. The van der Waals surface area contributed by atoms with Crippen molar-refractivity contribution in [2.75, 3.05) is 17.9 Å². The van der Waals surface area contributed by atoms with Crippen LogP contribution in [0.25, 0.3) is 0 Å². The van der Waals surface area contributed by atoms with Crippen molar-refractivity contribution in [1.82, 2.24) is 10.2 Å². The number of hydrogen-bond acceptors (Lipinski definition) is 4. The maximum Gasteiger partial charge on any atom is 0.264 e. The molecular formula is C26H27Cl2N3O4S. The molecule has 2 amide bonds. The minimum Gasteiger partial charge on any atom is -0.357 e. The van der Waals surface area contributed by atoms with Gasteiger partial charge in [0.1, 0.15) is 12.6 Å². The molecule has 0 spiro atoms. The number of hydrogen-bond donors (Lipinski definition) is 1. The van der Waals surface area contributed by atoms with Gasteiger partial charge in [-0.2, -0.15) is 0 Å². The minimum atomic E-state index is -4.14. The van der Waals surface area contributed by atoms with Crippen LogP contribution in [0.1, 0.15) is 18.1 Å². The number of likely N-dealkylation sites (N-methyl/N-ethyl adjacent to an activating group) is 1. The molecule has 0 radical (unpaired) electrons. The molecule has 0 fully saturated rings. The Bertz CT molecular complexity index is 1330. The Labute approximate surface area is 221 Å². The van der Waals surface area contributed by atoms with E-state index in [1.165, 1.54) is 36.2 Å². The molecule has 190 valence electrons. The molecule has 0 aliphatic heterocycles. The first-order valence-corrected chi connectivity index (χ1v) is 13.3. The largest absolute Gasteiger partial charge is 0.357 e. The van der Waals surface area contributed by atoms with Gasteiger partial charge in [-0.25, -0.2) is 8.42 Å². The molecule has 3 aromatic carbocycles. The maximum absolute atomic E-state index is 13.7. The van der Waals surface area contributed by atoms with Crippen LogP contribution in [0.2, 0.25) is 10.0 Å². The van der Waals surface area contributed by atoms with Gasteiger partial charge in [0.2, 0.25) is 11.8 Å². The highest BCUT2D eigenvalue weighted by Gasteiger charge is 2.32. The third-order valence-corrected chi connectivity index (χ3v) is 7.93. The molecule has 0 heterocycles. The Morgan fingerprint density at radius 2 is 1.58 bits per heavy atom. The van der Waals surface area contributed by atoms with Crippen molar-refractivity contribution >= 4 is 50.7 Å².